The molecule has 152 valence electrons. The highest BCUT2D eigenvalue weighted by atomic mass is 16.5. The van der Waals surface area contributed by atoms with Gasteiger partial charge in [-0.15, -0.1) is 0 Å². The molecule has 0 aliphatic heterocycles. The van der Waals surface area contributed by atoms with Crippen LogP contribution in [0, 0.1) is 5.92 Å². The number of phenolic OH excluding ortho intramolecular Hbond substituents is 1. The second kappa shape index (κ2) is 10.6. The number of ether oxygens (including phenoxy) is 2. The molecule has 0 aromatic heterocycles. The van der Waals surface area contributed by atoms with Crippen LogP contribution in [0.3, 0.4) is 0 Å². The number of benzene rings is 1. The van der Waals surface area contributed by atoms with E-state index < -0.39 is 12.2 Å². The molecule has 0 unspecified atom stereocenters. The van der Waals surface area contributed by atoms with Crippen molar-refractivity contribution in [1.82, 2.24) is 0 Å². The largest absolute Gasteiger partial charge is 0.504 e. The minimum absolute atomic E-state index is 0.0749. The normalized spacial score (nSPS) is 23.8. The summed E-state index contributed by atoms with van der Waals surface area (Å²) in [4.78, 5) is 12.2. The lowest BCUT2D eigenvalue weighted by Crippen LogP contribution is -2.35. The number of methoxy groups -OCH3 is 2. The van der Waals surface area contributed by atoms with Crippen molar-refractivity contribution in [3.8, 4) is 11.5 Å². The molecule has 2 rings (SSSR count). The van der Waals surface area contributed by atoms with E-state index in [1.54, 1.807) is 25.3 Å². The summed E-state index contributed by atoms with van der Waals surface area (Å²) in [6, 6.07) is 5.10. The van der Waals surface area contributed by atoms with Crippen molar-refractivity contribution in [2.75, 3.05) is 14.2 Å². The van der Waals surface area contributed by atoms with E-state index in [-0.39, 0.29) is 24.1 Å². The number of Topliss-reactive ketones (excluding diaryl/α,β-unsaturated/α-hetero) is 1. The molecule has 4 atom stereocenters. The molecule has 0 amide bonds. The van der Waals surface area contributed by atoms with Gasteiger partial charge in [-0.25, -0.2) is 0 Å². The summed E-state index contributed by atoms with van der Waals surface area (Å²) in [6.45, 7) is 0. The zero-order chi connectivity index (χ0) is 19.8. The molecular weight excluding hydrogens is 348 g/mol. The Morgan fingerprint density at radius 2 is 2.07 bits per heavy atom. The Hall–Kier alpha value is -1.63. The van der Waals surface area contributed by atoms with Crippen LogP contribution < -0.4 is 4.74 Å². The van der Waals surface area contributed by atoms with Crippen LogP contribution >= 0.6 is 0 Å². The zero-order valence-electron chi connectivity index (χ0n) is 16.3. The lowest BCUT2D eigenvalue weighted by Gasteiger charge is -2.32. The maximum absolute atomic E-state index is 12.2. The van der Waals surface area contributed by atoms with Gasteiger partial charge < -0.3 is 24.8 Å². The van der Waals surface area contributed by atoms with Crippen LogP contribution in [0.5, 0.6) is 11.5 Å². The SMILES string of the molecule is COc1cc(CC[C@@H](O)CC(=O)CC[C@H]2CC[C@@H](O)[C@@H](OC)C2)ccc1O. The molecule has 0 heterocycles. The van der Waals surface area contributed by atoms with Crippen LogP contribution in [0.2, 0.25) is 0 Å². The fourth-order valence-electron chi connectivity index (χ4n) is 3.75. The average molecular weight is 380 g/mol. The molecule has 1 aliphatic carbocycles. The van der Waals surface area contributed by atoms with Crippen LogP contribution in [-0.4, -0.2) is 53.6 Å². The number of aliphatic hydroxyl groups excluding tert-OH is 2. The molecule has 6 heteroatoms. The van der Waals surface area contributed by atoms with E-state index in [1.807, 2.05) is 0 Å². The van der Waals surface area contributed by atoms with Gasteiger partial charge in [0.1, 0.15) is 5.78 Å². The van der Waals surface area contributed by atoms with Crippen molar-refractivity contribution >= 4 is 5.78 Å². The van der Waals surface area contributed by atoms with Crippen molar-refractivity contribution in [1.29, 1.82) is 0 Å². The van der Waals surface area contributed by atoms with Crippen LogP contribution in [0.15, 0.2) is 18.2 Å². The molecule has 6 nitrogen and oxygen atoms in total. The number of carbonyl (C=O) groups excluding carboxylic acids is 1. The first-order valence-electron chi connectivity index (χ1n) is 9.69. The summed E-state index contributed by atoms with van der Waals surface area (Å²) < 4.78 is 10.4. The number of aliphatic hydroxyl groups is 2. The molecule has 0 saturated heterocycles. The maximum atomic E-state index is 12.2. The van der Waals surface area contributed by atoms with Gasteiger partial charge >= 0.3 is 0 Å². The highest BCUT2D eigenvalue weighted by Crippen LogP contribution is 2.30. The number of phenols is 1. The van der Waals surface area contributed by atoms with Gasteiger partial charge in [-0.3, -0.25) is 4.79 Å². The highest BCUT2D eigenvalue weighted by Gasteiger charge is 2.29. The second-order valence-corrected chi connectivity index (χ2v) is 7.50. The predicted molar refractivity (Wildman–Crippen MR) is 102 cm³/mol. The van der Waals surface area contributed by atoms with E-state index >= 15 is 0 Å². The molecule has 0 radical (unpaired) electrons. The van der Waals surface area contributed by atoms with Crippen molar-refractivity contribution in [2.24, 2.45) is 5.92 Å². The van der Waals surface area contributed by atoms with Gasteiger partial charge in [-0.1, -0.05) is 6.07 Å². The van der Waals surface area contributed by atoms with Gasteiger partial charge in [0.2, 0.25) is 0 Å². The summed E-state index contributed by atoms with van der Waals surface area (Å²) in [7, 11) is 3.11. The Morgan fingerprint density at radius 1 is 1.30 bits per heavy atom. The third kappa shape index (κ3) is 6.79. The smallest absolute Gasteiger partial charge is 0.160 e. The lowest BCUT2D eigenvalue weighted by molar-refractivity contribution is -0.121. The Bertz CT molecular complexity index is 602. The summed E-state index contributed by atoms with van der Waals surface area (Å²) >= 11 is 0. The molecule has 27 heavy (non-hydrogen) atoms. The van der Waals surface area contributed by atoms with Crippen LogP contribution in [-0.2, 0) is 16.0 Å². The topological polar surface area (TPSA) is 96.2 Å². The number of carbonyl (C=O) groups is 1. The van der Waals surface area contributed by atoms with Crippen molar-refractivity contribution in [3.63, 3.8) is 0 Å². The van der Waals surface area contributed by atoms with Gasteiger partial charge in [0, 0.05) is 20.0 Å². The molecule has 1 aromatic carbocycles. The minimum atomic E-state index is -0.669. The first kappa shape index (κ1) is 21.7. The number of aryl methyl sites for hydroxylation is 1. The number of rotatable bonds is 10. The first-order chi connectivity index (χ1) is 12.9. The maximum Gasteiger partial charge on any atom is 0.160 e. The number of ketones is 1. The number of aromatic hydroxyl groups is 1. The highest BCUT2D eigenvalue weighted by molar-refractivity contribution is 5.78. The quantitative estimate of drug-likeness (QED) is 0.577. The van der Waals surface area contributed by atoms with Crippen molar-refractivity contribution in [3.05, 3.63) is 23.8 Å². The third-order valence-corrected chi connectivity index (χ3v) is 5.47. The van der Waals surface area contributed by atoms with Gasteiger partial charge in [-0.05, 0) is 62.1 Å². The van der Waals surface area contributed by atoms with Gasteiger partial charge in [0.25, 0.3) is 0 Å². The Labute approximate surface area is 161 Å². The summed E-state index contributed by atoms with van der Waals surface area (Å²) in [5.41, 5.74) is 0.947. The van der Waals surface area contributed by atoms with E-state index in [4.69, 9.17) is 9.47 Å². The summed E-state index contributed by atoms with van der Waals surface area (Å²) in [5, 5.41) is 29.6. The molecule has 1 aliphatic rings. The van der Waals surface area contributed by atoms with Crippen molar-refractivity contribution < 1.29 is 29.6 Å². The Morgan fingerprint density at radius 3 is 2.78 bits per heavy atom. The van der Waals surface area contributed by atoms with Crippen LogP contribution in [0.4, 0.5) is 0 Å². The Balaban J connectivity index is 1.69. The standard InChI is InChI=1S/C21H32O6/c1-26-20-11-14(5-9-18(20)24)3-7-16(22)13-17(23)8-4-15-6-10-19(25)21(12-15)27-2/h5,9,11,15-16,19,21-22,24-25H,3-4,6-8,10,12-13H2,1-2H3/t15-,16+,19+,21-/m0/s1. The Kier molecular flexibility index (Phi) is 8.54. The minimum Gasteiger partial charge on any atom is -0.504 e. The third-order valence-electron chi connectivity index (χ3n) is 5.47. The number of hydrogen-bond acceptors (Lipinski definition) is 6. The molecule has 1 saturated carbocycles. The first-order valence-corrected chi connectivity index (χ1v) is 9.69. The van der Waals surface area contributed by atoms with E-state index in [2.05, 4.69) is 0 Å². The molecular formula is C21H32O6. The number of hydrogen-bond donors (Lipinski definition) is 3. The van der Waals surface area contributed by atoms with E-state index in [1.165, 1.54) is 7.11 Å². The zero-order valence-corrected chi connectivity index (χ0v) is 16.3. The van der Waals surface area contributed by atoms with Crippen LogP contribution in [0.25, 0.3) is 0 Å². The van der Waals surface area contributed by atoms with Crippen molar-refractivity contribution in [2.45, 2.75) is 69.7 Å². The van der Waals surface area contributed by atoms with E-state index in [0.717, 1.165) is 31.2 Å². The second-order valence-electron chi connectivity index (χ2n) is 7.50. The van der Waals surface area contributed by atoms with Gasteiger partial charge in [0.15, 0.2) is 11.5 Å². The molecule has 3 N–H and O–H groups in total. The van der Waals surface area contributed by atoms with Gasteiger partial charge in [-0.2, -0.15) is 0 Å². The van der Waals surface area contributed by atoms with Gasteiger partial charge in [0.05, 0.1) is 25.4 Å². The summed E-state index contributed by atoms with van der Waals surface area (Å²) in [6.07, 6.45) is 3.73. The predicted octanol–water partition coefficient (Wildman–Crippen LogP) is 2.61. The van der Waals surface area contributed by atoms with E-state index in [9.17, 15) is 20.1 Å². The molecule has 1 fully saturated rings. The lowest BCUT2D eigenvalue weighted by atomic mass is 9.82. The molecule has 0 spiro atoms. The fourth-order valence-corrected chi connectivity index (χ4v) is 3.75. The molecule has 0 bridgehead atoms. The average Bonchev–Trinajstić information content (AvgIpc) is 2.66. The summed E-state index contributed by atoms with van der Waals surface area (Å²) in [5.74, 6) is 0.961. The van der Waals surface area contributed by atoms with Crippen LogP contribution in [0.1, 0.15) is 50.5 Å². The van der Waals surface area contributed by atoms with E-state index in [0.29, 0.717) is 30.9 Å². The fraction of sp³-hybridized carbons (Fsp3) is 0.667. The molecule has 1 aromatic rings. The monoisotopic (exact) mass is 380 g/mol.